The normalized spacial score (nSPS) is 10.1. The second-order valence-corrected chi connectivity index (χ2v) is 18.0. The van der Waals surface area contributed by atoms with Crippen molar-refractivity contribution in [2.45, 2.75) is 13.8 Å². The number of anilines is 1. The first-order valence-electron chi connectivity index (χ1n) is 22.3. The van der Waals surface area contributed by atoms with Crippen LogP contribution >= 0.6 is 33.0 Å². The molecule has 0 spiro atoms. The number of carbonyl (C=O) groups is 3. The number of aromatic nitrogens is 8. The number of aromatic amines is 3. The monoisotopic (exact) mass is 1200 g/mol. The van der Waals surface area contributed by atoms with Crippen molar-refractivity contribution in [3.05, 3.63) is 128 Å². The summed E-state index contributed by atoms with van der Waals surface area (Å²) in [6, 6.07) is 15.1. The molecule has 31 heteroatoms. The van der Waals surface area contributed by atoms with Gasteiger partial charge in [0.25, 0.3) is 16.7 Å². The van der Waals surface area contributed by atoms with E-state index in [2.05, 4.69) is 61.2 Å². The van der Waals surface area contributed by atoms with Crippen molar-refractivity contribution in [2.75, 3.05) is 55.5 Å². The molecule has 0 unspecified atom stereocenters. The van der Waals surface area contributed by atoms with Crippen LogP contribution in [0.1, 0.15) is 25.6 Å². The van der Waals surface area contributed by atoms with E-state index in [0.29, 0.717) is 94.8 Å². The number of hydrogen-bond acceptors (Lipinski definition) is 23. The number of rotatable bonds is 10. The molecule has 4 aromatic heterocycles. The number of phenols is 1. The van der Waals surface area contributed by atoms with Gasteiger partial charge in [-0.3, -0.25) is 24.0 Å². The molecule has 9 aromatic rings. The summed E-state index contributed by atoms with van der Waals surface area (Å²) in [6.45, 7) is 2.59. The average Bonchev–Trinajstić information content (AvgIpc) is 3.60. The quantitative estimate of drug-likeness (QED) is 0.0266. The first kappa shape index (κ1) is 64.0. The molecular formula is C50H50Cl3N9O18S. The fourth-order valence-electron chi connectivity index (χ4n) is 6.62. The van der Waals surface area contributed by atoms with E-state index in [0.717, 1.165) is 0 Å². The summed E-state index contributed by atoms with van der Waals surface area (Å²) in [5, 5.41) is 20.3. The van der Waals surface area contributed by atoms with Gasteiger partial charge in [0.05, 0.1) is 118 Å². The van der Waals surface area contributed by atoms with E-state index in [1.54, 1.807) is 30.3 Å². The number of nitrogens with zero attached hydrogens (tertiary/aromatic N) is 5. The lowest BCUT2D eigenvalue weighted by Gasteiger charge is -2.09. The van der Waals surface area contributed by atoms with Gasteiger partial charge in [-0.25, -0.2) is 33.9 Å². The number of fused-ring (bicyclic) bond motifs is 4. The summed E-state index contributed by atoms with van der Waals surface area (Å²) in [5.74, 6) is 1.32. The molecule has 81 heavy (non-hydrogen) atoms. The van der Waals surface area contributed by atoms with Crippen molar-refractivity contribution in [1.29, 1.82) is 0 Å². The molecule has 0 saturated heterocycles. The Balaban J connectivity index is 0.000000264. The first-order valence-corrected chi connectivity index (χ1v) is 25.5. The number of benzene rings is 5. The van der Waals surface area contributed by atoms with Gasteiger partial charge in [0.15, 0.2) is 57.5 Å². The highest BCUT2D eigenvalue weighted by Gasteiger charge is 2.16. The van der Waals surface area contributed by atoms with Crippen LogP contribution in [0.3, 0.4) is 0 Å². The number of methoxy groups -OCH3 is 7. The highest BCUT2D eigenvalue weighted by atomic mass is 36.0. The molecular weight excluding hydrogens is 1150 g/mol. The van der Waals surface area contributed by atoms with Crippen LogP contribution in [0.2, 0.25) is 5.15 Å². The maximum absolute atomic E-state index is 11.5. The number of ether oxygens (including phenoxy) is 9. The van der Waals surface area contributed by atoms with Crippen LogP contribution in [0, 0.1) is 0 Å². The lowest BCUT2D eigenvalue weighted by Crippen LogP contribution is -2.08. The minimum Gasteiger partial charge on any atom is -0.504 e. The topological polar surface area (TPSA) is 381 Å². The van der Waals surface area contributed by atoms with Crippen molar-refractivity contribution in [3.63, 3.8) is 0 Å². The Morgan fingerprint density at radius 1 is 0.506 bits per heavy atom. The van der Waals surface area contributed by atoms with Crippen LogP contribution in [0.25, 0.3) is 43.6 Å². The molecule has 9 rings (SSSR count). The maximum atomic E-state index is 11.5. The van der Waals surface area contributed by atoms with E-state index < -0.39 is 27.1 Å². The van der Waals surface area contributed by atoms with Crippen molar-refractivity contribution in [3.8, 4) is 57.5 Å². The molecule has 0 bridgehead atoms. The predicted octanol–water partition coefficient (Wildman–Crippen LogP) is 6.92. The number of carboxylic acids is 1. The smallest absolute Gasteiger partial charge is 0.337 e. The van der Waals surface area contributed by atoms with E-state index >= 15 is 0 Å². The van der Waals surface area contributed by atoms with Crippen LogP contribution in [-0.2, 0) is 18.8 Å². The molecule has 0 atom stereocenters. The number of aromatic carboxylic acids is 1. The molecule has 0 radical (unpaired) electrons. The van der Waals surface area contributed by atoms with Crippen LogP contribution in [0.15, 0.2) is 100 Å². The molecule has 0 saturated carbocycles. The molecule has 0 aliphatic rings. The Labute approximate surface area is 474 Å². The number of halogens is 3. The molecule has 27 nitrogen and oxygen atoms in total. The second kappa shape index (κ2) is 30.6. The number of carboxylic acid groups (broad SMARTS) is 1. The van der Waals surface area contributed by atoms with Gasteiger partial charge in [-0.1, -0.05) is 11.6 Å². The fourth-order valence-corrected chi connectivity index (χ4v) is 6.81. The van der Waals surface area contributed by atoms with Crippen molar-refractivity contribution in [1.82, 2.24) is 39.9 Å². The van der Waals surface area contributed by atoms with Gasteiger partial charge >= 0.3 is 17.9 Å². The van der Waals surface area contributed by atoms with Crippen LogP contribution in [-0.4, -0.2) is 122 Å². The first-order chi connectivity index (χ1) is 38.5. The summed E-state index contributed by atoms with van der Waals surface area (Å²) in [4.78, 5) is 94.1. The Morgan fingerprint density at radius 3 is 1.22 bits per heavy atom. The largest absolute Gasteiger partial charge is 0.504 e. The molecule has 0 aliphatic heterocycles. The number of hydrogen-bond donors (Lipinski definition) is 6. The Hall–Kier alpha value is -9.51. The van der Waals surface area contributed by atoms with Crippen molar-refractivity contribution < 1.29 is 72.9 Å². The zero-order valence-electron chi connectivity index (χ0n) is 43.9. The minimum absolute atomic E-state index is 0. The zero-order chi connectivity index (χ0) is 60.1. The molecule has 430 valence electrons. The fraction of sp³-hybridized carbons (Fsp3) is 0.180. The number of nitrogens with one attached hydrogen (secondary N) is 3. The Bertz CT molecular complexity index is 3930. The van der Waals surface area contributed by atoms with Gasteiger partial charge in [-0.2, -0.15) is 0 Å². The van der Waals surface area contributed by atoms with Crippen LogP contribution in [0.5, 0.6) is 57.5 Å². The summed E-state index contributed by atoms with van der Waals surface area (Å²) in [6.07, 6.45) is 5.32. The Morgan fingerprint density at radius 2 is 0.827 bits per heavy atom. The minimum atomic E-state index is -1.67. The van der Waals surface area contributed by atoms with E-state index in [9.17, 15) is 33.9 Å². The highest BCUT2D eigenvalue weighted by Crippen LogP contribution is 2.35. The summed E-state index contributed by atoms with van der Waals surface area (Å²) in [7, 11) is 17.7. The van der Waals surface area contributed by atoms with Crippen LogP contribution in [0.4, 0.5) is 5.69 Å². The zero-order valence-corrected chi connectivity index (χ0v) is 46.9. The van der Waals surface area contributed by atoms with E-state index in [1.165, 1.54) is 119 Å². The van der Waals surface area contributed by atoms with Gasteiger partial charge in [0.1, 0.15) is 11.5 Å². The Kier molecular flexibility index (Phi) is 24.2. The number of phenolic OH excluding ortho intramolecular Hbond substituents is 1. The highest BCUT2D eigenvalue weighted by molar-refractivity contribution is 8.26. The lowest BCUT2D eigenvalue weighted by molar-refractivity contribution is -0.132. The third kappa shape index (κ3) is 17.7. The molecule has 5 aromatic carbocycles. The van der Waals surface area contributed by atoms with Gasteiger partial charge in [-0.05, 0) is 24.3 Å². The van der Waals surface area contributed by atoms with Crippen molar-refractivity contribution in [2.24, 2.45) is 0 Å². The SMILES string of the molecule is COc1cc(N)c(C(=O)O)cc1OC.COc1cc2nc[nH]c(=O)c2cc1O.COc1cc2nc[nH]c(=O)c2cc1OC.COc1cc2nc[nH]c(=O)c2cc1OC(C)=O.COc1cc2ncnc(Cl)c2cc1OC(C)=O.O=S(Cl)Cl.[2HH]. The second-order valence-electron chi connectivity index (χ2n) is 15.1. The van der Waals surface area contributed by atoms with E-state index in [-0.39, 0.29) is 40.9 Å². The lowest BCUT2D eigenvalue weighted by atomic mass is 10.1. The van der Waals surface area contributed by atoms with Crippen LogP contribution < -0.4 is 65.0 Å². The number of aromatic hydroxyl groups is 1. The number of nitrogen functional groups attached to an aromatic ring is 1. The predicted molar refractivity (Wildman–Crippen MR) is 302 cm³/mol. The number of esters is 2. The van der Waals surface area contributed by atoms with Gasteiger partial charge < -0.3 is 73.5 Å². The molecule has 0 aliphatic carbocycles. The van der Waals surface area contributed by atoms with Gasteiger partial charge in [0.2, 0.25) is 9.23 Å². The maximum Gasteiger partial charge on any atom is 0.337 e. The van der Waals surface area contributed by atoms with Crippen molar-refractivity contribution >= 4 is 109 Å². The number of carbonyl (C=O) groups excluding carboxylic acids is 2. The number of nitrogens with two attached hydrogens (primary N) is 1. The molecule has 0 amide bonds. The molecule has 7 N–H and O–H groups in total. The number of H-pyrrole nitrogens is 3. The van der Waals surface area contributed by atoms with E-state index in [4.69, 9.17) is 69.3 Å². The summed E-state index contributed by atoms with van der Waals surface area (Å²) >= 11 is 5.93. The van der Waals surface area contributed by atoms with Gasteiger partial charge in [-0.15, -0.1) is 0 Å². The third-order valence-corrected chi connectivity index (χ3v) is 10.5. The third-order valence-electron chi connectivity index (χ3n) is 10.2. The summed E-state index contributed by atoms with van der Waals surface area (Å²) < 4.78 is 54.2. The van der Waals surface area contributed by atoms with Gasteiger partial charge in [0, 0.05) is 78.4 Å². The summed E-state index contributed by atoms with van der Waals surface area (Å²) in [5.41, 5.74) is 7.04. The molecule has 4 heterocycles. The molecule has 0 fully saturated rings. The van der Waals surface area contributed by atoms with E-state index in [1.807, 2.05) is 0 Å². The average molecular weight is 1200 g/mol. The standard InChI is InChI=1S/C11H9ClN2O3.C11H10N2O4.C10H10N2O3.C9H8N2O3.C9H11NO4.Cl2OS.H2/c1-6(15)17-10-3-7-8(4-9(10)16-2)13-5-14-11(7)12;1-6(14)17-10-3-7-8(4-9(10)16-2)12-5-13-11(7)15;1-14-8-3-6-7(4-9(8)15-2)11-5-12-10(6)13;1-14-8-3-6-5(2-7(8)12)9(13)11-4-10-6;1-13-7-3-5(9(11)12)6(10)4-8(7)14-2;1-4(2)3;/h3-5H,1-2H3;3-5H,1-2H3,(H,12,13,15);3-5H,1-2H3,(H,11,12,13);2-4,12H,1H3,(H,10,11,13);3-4H,10H2,1-2H3,(H,11,12);;1H/i;;;;;;1+1.